The van der Waals surface area contributed by atoms with Crippen LogP contribution in [0.3, 0.4) is 0 Å². The Morgan fingerprint density at radius 1 is 1.32 bits per heavy atom. The van der Waals surface area contributed by atoms with Gasteiger partial charge >= 0.3 is 0 Å². The number of nitrogens with one attached hydrogen (secondary N) is 1. The van der Waals surface area contributed by atoms with Crippen LogP contribution in [0.5, 0.6) is 0 Å². The zero-order valence-corrected chi connectivity index (χ0v) is 11.9. The van der Waals surface area contributed by atoms with Crippen LogP contribution in [0.1, 0.15) is 29.0 Å². The molecule has 2 saturated heterocycles. The first-order chi connectivity index (χ1) is 9.33. The van der Waals surface area contributed by atoms with Gasteiger partial charge in [0.15, 0.2) is 0 Å². The molecule has 102 valence electrons. The minimum atomic E-state index is -0.0614. The molecule has 1 aromatic rings. The Morgan fingerprint density at radius 3 is 3.11 bits per heavy atom. The van der Waals surface area contributed by atoms with Gasteiger partial charge in [-0.3, -0.25) is 4.90 Å². The molecule has 0 aliphatic carbocycles. The molecule has 0 amide bonds. The molecule has 2 aliphatic heterocycles. The predicted molar refractivity (Wildman–Crippen MR) is 78.1 cm³/mol. The zero-order chi connectivity index (χ0) is 13.1. The SMILES string of the molecule is OCC#Cc1ccc(CN2CC[C@@H]3CC[C@H](C2)N3)s1. The number of rotatable bonds is 2. The van der Waals surface area contributed by atoms with E-state index in [0.717, 1.165) is 17.5 Å². The molecule has 2 bridgehead atoms. The van der Waals surface area contributed by atoms with Crippen molar-refractivity contribution >= 4 is 11.3 Å². The normalized spacial score (nSPS) is 26.8. The third-order valence-corrected chi connectivity index (χ3v) is 4.92. The summed E-state index contributed by atoms with van der Waals surface area (Å²) in [5.41, 5.74) is 0. The second-order valence-corrected chi connectivity index (χ2v) is 6.56. The lowest BCUT2D eigenvalue weighted by Crippen LogP contribution is -2.34. The van der Waals surface area contributed by atoms with E-state index in [-0.39, 0.29) is 6.61 Å². The Morgan fingerprint density at radius 2 is 2.21 bits per heavy atom. The summed E-state index contributed by atoms with van der Waals surface area (Å²) in [5.74, 6) is 5.68. The van der Waals surface area contributed by atoms with Gasteiger partial charge in [-0.25, -0.2) is 0 Å². The number of aliphatic hydroxyl groups is 1. The van der Waals surface area contributed by atoms with Gasteiger partial charge in [0.25, 0.3) is 0 Å². The fraction of sp³-hybridized carbons (Fsp3) is 0.600. The van der Waals surface area contributed by atoms with Crippen LogP contribution in [-0.4, -0.2) is 41.8 Å². The van der Waals surface area contributed by atoms with E-state index in [1.165, 1.54) is 37.2 Å². The van der Waals surface area contributed by atoms with E-state index in [1.807, 2.05) is 0 Å². The van der Waals surface area contributed by atoms with E-state index in [0.29, 0.717) is 6.04 Å². The average molecular weight is 276 g/mol. The lowest BCUT2D eigenvalue weighted by Gasteiger charge is -2.23. The van der Waals surface area contributed by atoms with E-state index in [4.69, 9.17) is 5.11 Å². The molecular weight excluding hydrogens is 256 g/mol. The minimum absolute atomic E-state index is 0.0614. The molecule has 0 saturated carbocycles. The molecule has 3 heterocycles. The molecule has 19 heavy (non-hydrogen) atoms. The maximum Gasteiger partial charge on any atom is 0.104 e. The first kappa shape index (κ1) is 13.1. The monoisotopic (exact) mass is 276 g/mol. The van der Waals surface area contributed by atoms with Crippen LogP contribution >= 0.6 is 11.3 Å². The van der Waals surface area contributed by atoms with Crippen molar-refractivity contribution in [3.63, 3.8) is 0 Å². The van der Waals surface area contributed by atoms with Crippen molar-refractivity contribution in [2.24, 2.45) is 0 Å². The number of thiophene rings is 1. The lowest BCUT2D eigenvalue weighted by atomic mass is 10.1. The van der Waals surface area contributed by atoms with Crippen LogP contribution in [0.15, 0.2) is 12.1 Å². The molecule has 2 aliphatic rings. The van der Waals surface area contributed by atoms with E-state index in [2.05, 4.69) is 34.2 Å². The molecule has 2 fully saturated rings. The van der Waals surface area contributed by atoms with E-state index in [1.54, 1.807) is 11.3 Å². The Labute approximate surface area is 118 Å². The van der Waals surface area contributed by atoms with Crippen molar-refractivity contribution < 1.29 is 5.11 Å². The van der Waals surface area contributed by atoms with E-state index in [9.17, 15) is 0 Å². The summed E-state index contributed by atoms with van der Waals surface area (Å²) in [6, 6.07) is 5.68. The van der Waals surface area contributed by atoms with Crippen LogP contribution < -0.4 is 5.32 Å². The largest absolute Gasteiger partial charge is 0.384 e. The van der Waals surface area contributed by atoms with Crippen LogP contribution in [0.25, 0.3) is 0 Å². The second kappa shape index (κ2) is 6.06. The summed E-state index contributed by atoms with van der Waals surface area (Å²) < 4.78 is 0. The highest BCUT2D eigenvalue weighted by molar-refractivity contribution is 7.12. The number of hydrogen-bond donors (Lipinski definition) is 2. The number of hydrogen-bond acceptors (Lipinski definition) is 4. The van der Waals surface area contributed by atoms with Crippen molar-refractivity contribution in [3.05, 3.63) is 21.9 Å². The predicted octanol–water partition coefficient (Wildman–Crippen LogP) is 1.42. The molecular formula is C15H20N2OS. The van der Waals surface area contributed by atoms with Crippen molar-refractivity contribution in [2.45, 2.75) is 37.9 Å². The number of nitrogens with zero attached hydrogens (tertiary/aromatic N) is 1. The maximum absolute atomic E-state index is 8.70. The molecule has 2 atom stereocenters. The fourth-order valence-corrected chi connectivity index (χ4v) is 3.96. The zero-order valence-electron chi connectivity index (χ0n) is 11.1. The molecule has 0 unspecified atom stereocenters. The molecule has 0 aromatic carbocycles. The molecule has 1 aromatic heterocycles. The first-order valence-corrected chi connectivity index (χ1v) is 7.82. The summed E-state index contributed by atoms with van der Waals surface area (Å²) in [7, 11) is 0. The summed E-state index contributed by atoms with van der Waals surface area (Å²) in [6.45, 7) is 3.35. The van der Waals surface area contributed by atoms with Crippen LogP contribution in [-0.2, 0) is 6.54 Å². The van der Waals surface area contributed by atoms with Gasteiger partial charge in [0.1, 0.15) is 6.61 Å². The summed E-state index contributed by atoms with van der Waals surface area (Å²) >= 11 is 1.75. The third kappa shape index (κ3) is 3.37. The van der Waals surface area contributed by atoms with Gasteiger partial charge in [0, 0.05) is 36.6 Å². The van der Waals surface area contributed by atoms with E-state index < -0.39 is 0 Å². The third-order valence-electron chi connectivity index (χ3n) is 3.94. The first-order valence-electron chi connectivity index (χ1n) is 7.00. The Kier molecular flexibility index (Phi) is 4.19. The lowest BCUT2D eigenvalue weighted by molar-refractivity contribution is 0.253. The number of fused-ring (bicyclic) bond motifs is 2. The maximum atomic E-state index is 8.70. The number of likely N-dealkylation sites (tertiary alicyclic amines) is 1. The van der Waals surface area contributed by atoms with Crippen LogP contribution in [0.2, 0.25) is 0 Å². The second-order valence-electron chi connectivity index (χ2n) is 5.39. The van der Waals surface area contributed by atoms with Gasteiger partial charge in [0.05, 0.1) is 4.88 Å². The number of aliphatic hydroxyl groups excluding tert-OH is 1. The molecule has 3 nitrogen and oxygen atoms in total. The Hall–Kier alpha value is -0.860. The molecule has 4 heteroatoms. The summed E-state index contributed by atoms with van der Waals surface area (Å²) in [4.78, 5) is 4.99. The molecule has 3 rings (SSSR count). The Bertz CT molecular complexity index is 488. The van der Waals surface area contributed by atoms with Gasteiger partial charge in [-0.2, -0.15) is 0 Å². The molecule has 0 spiro atoms. The molecule has 0 radical (unpaired) electrons. The van der Waals surface area contributed by atoms with Crippen LogP contribution in [0.4, 0.5) is 0 Å². The quantitative estimate of drug-likeness (QED) is 0.802. The standard InChI is InChI=1S/C15H20N2OS/c18-9-1-2-14-5-6-15(19-14)11-17-8-7-12-3-4-13(10-17)16-12/h5-6,12-13,16,18H,3-4,7-11H2/t12-,13+/m0/s1. The van der Waals surface area contributed by atoms with Gasteiger partial charge in [-0.05, 0) is 31.4 Å². The van der Waals surface area contributed by atoms with Gasteiger partial charge in [-0.15, -0.1) is 11.3 Å². The smallest absolute Gasteiger partial charge is 0.104 e. The fourth-order valence-electron chi connectivity index (χ4n) is 3.04. The highest BCUT2D eigenvalue weighted by atomic mass is 32.1. The minimum Gasteiger partial charge on any atom is -0.384 e. The summed E-state index contributed by atoms with van der Waals surface area (Å²) in [6.07, 6.45) is 3.97. The Balaban J connectivity index is 1.60. The average Bonchev–Trinajstić information content (AvgIpc) is 2.97. The van der Waals surface area contributed by atoms with Crippen molar-refractivity contribution in [1.82, 2.24) is 10.2 Å². The van der Waals surface area contributed by atoms with Gasteiger partial charge < -0.3 is 10.4 Å². The summed E-state index contributed by atoms with van der Waals surface area (Å²) in [5, 5.41) is 12.4. The van der Waals surface area contributed by atoms with Crippen molar-refractivity contribution in [2.75, 3.05) is 19.7 Å². The highest BCUT2D eigenvalue weighted by Crippen LogP contribution is 2.23. The van der Waals surface area contributed by atoms with Gasteiger partial charge in [-0.1, -0.05) is 11.8 Å². The molecule has 2 N–H and O–H groups in total. The van der Waals surface area contributed by atoms with E-state index >= 15 is 0 Å². The van der Waals surface area contributed by atoms with Crippen LogP contribution in [0, 0.1) is 11.8 Å². The van der Waals surface area contributed by atoms with Gasteiger partial charge in [0.2, 0.25) is 0 Å². The topological polar surface area (TPSA) is 35.5 Å². The van der Waals surface area contributed by atoms with Crippen molar-refractivity contribution in [1.29, 1.82) is 0 Å². The highest BCUT2D eigenvalue weighted by Gasteiger charge is 2.29. The van der Waals surface area contributed by atoms with Crippen molar-refractivity contribution in [3.8, 4) is 11.8 Å².